The van der Waals surface area contributed by atoms with Crippen LogP contribution in [0.4, 0.5) is 8.78 Å². The van der Waals surface area contributed by atoms with Crippen molar-refractivity contribution in [2.24, 2.45) is 0 Å². The van der Waals surface area contributed by atoms with Gasteiger partial charge < -0.3 is 9.31 Å². The molecule has 102 valence electrons. The van der Waals surface area contributed by atoms with Crippen LogP contribution in [0.25, 0.3) is 0 Å². The number of benzene rings is 2. The lowest BCUT2D eigenvalue weighted by Crippen LogP contribution is -2.11. The molecule has 0 bridgehead atoms. The van der Waals surface area contributed by atoms with Crippen LogP contribution < -0.4 is 9.31 Å². The van der Waals surface area contributed by atoms with Gasteiger partial charge in [-0.1, -0.05) is 0 Å². The molecule has 0 N–H and O–H groups in total. The average Bonchev–Trinajstić information content (AvgIpc) is 2.46. The van der Waals surface area contributed by atoms with Gasteiger partial charge in [0.25, 0.3) is 0 Å². The Kier molecular flexibility index (Phi) is 4.38. The highest BCUT2D eigenvalue weighted by Gasteiger charge is 2.06. The van der Waals surface area contributed by atoms with Crippen LogP contribution in [-0.2, 0) is 0 Å². The lowest BCUT2D eigenvalue weighted by atomic mass is 10.2. The second-order valence-electron chi connectivity index (χ2n) is 3.98. The first-order valence-electron chi connectivity index (χ1n) is 5.77. The predicted molar refractivity (Wildman–Crippen MR) is 70.6 cm³/mol. The van der Waals surface area contributed by atoms with Gasteiger partial charge >= 0.3 is 7.69 Å². The van der Waals surface area contributed by atoms with Crippen LogP contribution in [0.5, 0.6) is 11.5 Å². The number of hydrogen-bond acceptors (Lipinski definition) is 4. The summed E-state index contributed by atoms with van der Waals surface area (Å²) in [5.74, 6) is -0.991. The van der Waals surface area contributed by atoms with Gasteiger partial charge in [0.05, 0.1) is 23.3 Å². The Bertz CT molecular complexity index is 690. The monoisotopic (exact) mass is 284 g/mol. The third kappa shape index (κ3) is 3.95. The Morgan fingerprint density at radius 1 is 0.762 bits per heavy atom. The SMILES string of the molecule is N#Cc1cc(F)cc(OBOc2cc(F)cc(C#N)c2)c1. The maximum Gasteiger partial charge on any atom is 0.576 e. The topological polar surface area (TPSA) is 66.0 Å². The fourth-order valence-corrected chi connectivity index (χ4v) is 1.59. The molecule has 0 aliphatic carbocycles. The maximum absolute atomic E-state index is 13.2. The van der Waals surface area contributed by atoms with E-state index in [2.05, 4.69) is 0 Å². The molecule has 0 aliphatic heterocycles. The standard InChI is InChI=1S/C14H7BF2N2O2/c16-11-1-9(7-18)3-13(5-11)20-15-21-14-4-10(8-19)2-12(17)6-14/h1-6,15H. The molecule has 2 aromatic rings. The molecule has 0 aliphatic rings. The van der Waals surface area contributed by atoms with E-state index in [-0.39, 0.29) is 30.3 Å². The van der Waals surface area contributed by atoms with E-state index in [4.69, 9.17) is 19.8 Å². The summed E-state index contributed by atoms with van der Waals surface area (Å²) in [6, 6.07) is 10.6. The van der Waals surface area contributed by atoms with E-state index in [0.717, 1.165) is 24.3 Å². The average molecular weight is 284 g/mol. The van der Waals surface area contributed by atoms with Gasteiger partial charge in [-0.05, 0) is 24.3 Å². The molecule has 0 atom stereocenters. The third-order valence-electron chi connectivity index (χ3n) is 2.45. The number of rotatable bonds is 4. The van der Waals surface area contributed by atoms with Crippen molar-refractivity contribution in [3.63, 3.8) is 0 Å². The van der Waals surface area contributed by atoms with Crippen molar-refractivity contribution >= 4 is 7.69 Å². The molecule has 0 saturated carbocycles. The molecular weight excluding hydrogens is 277 g/mol. The summed E-state index contributed by atoms with van der Waals surface area (Å²) in [6.45, 7) is 0. The summed E-state index contributed by atoms with van der Waals surface area (Å²) < 4.78 is 36.6. The van der Waals surface area contributed by atoms with Crippen LogP contribution in [0.3, 0.4) is 0 Å². The predicted octanol–water partition coefficient (Wildman–Crippen LogP) is 2.43. The van der Waals surface area contributed by atoms with E-state index in [0.29, 0.717) is 0 Å². The molecular formula is C14H7BF2N2O2. The molecule has 21 heavy (non-hydrogen) atoms. The Balaban J connectivity index is 2.02. The molecule has 4 nitrogen and oxygen atoms in total. The zero-order chi connectivity index (χ0) is 15.2. The lowest BCUT2D eigenvalue weighted by Gasteiger charge is -2.08. The number of halogens is 2. The minimum Gasteiger partial charge on any atom is -0.528 e. The van der Waals surface area contributed by atoms with E-state index in [9.17, 15) is 8.78 Å². The molecule has 0 heterocycles. The van der Waals surface area contributed by atoms with Crippen LogP contribution in [0.15, 0.2) is 36.4 Å². The van der Waals surface area contributed by atoms with E-state index in [1.807, 2.05) is 0 Å². The minimum atomic E-state index is -0.610. The molecule has 0 fully saturated rings. The largest absolute Gasteiger partial charge is 0.576 e. The van der Waals surface area contributed by atoms with Crippen LogP contribution in [-0.4, -0.2) is 7.69 Å². The lowest BCUT2D eigenvalue weighted by molar-refractivity contribution is 0.454. The first-order chi connectivity index (χ1) is 10.1. The van der Waals surface area contributed by atoms with Gasteiger partial charge in [0.2, 0.25) is 0 Å². The van der Waals surface area contributed by atoms with E-state index >= 15 is 0 Å². The summed E-state index contributed by atoms with van der Waals surface area (Å²) in [6.07, 6.45) is 0. The number of nitriles is 2. The Hall–Kier alpha value is -3.06. The molecule has 0 amide bonds. The van der Waals surface area contributed by atoms with Crippen LogP contribution in [0.2, 0.25) is 0 Å². The molecule has 0 saturated heterocycles. The van der Waals surface area contributed by atoms with Crippen molar-refractivity contribution in [2.75, 3.05) is 0 Å². The van der Waals surface area contributed by atoms with Gasteiger partial charge in [-0.3, -0.25) is 0 Å². The molecule has 2 rings (SSSR count). The van der Waals surface area contributed by atoms with Gasteiger partial charge in [-0.25, -0.2) is 8.78 Å². The first kappa shape index (κ1) is 14.4. The van der Waals surface area contributed by atoms with Crippen molar-refractivity contribution in [3.8, 4) is 23.6 Å². The smallest absolute Gasteiger partial charge is 0.528 e. The molecule has 0 radical (unpaired) electrons. The van der Waals surface area contributed by atoms with Crippen molar-refractivity contribution < 1.29 is 18.1 Å². The Labute approximate surface area is 120 Å². The van der Waals surface area contributed by atoms with Crippen molar-refractivity contribution in [3.05, 3.63) is 59.2 Å². The molecule has 0 spiro atoms. The summed E-state index contributed by atoms with van der Waals surface area (Å²) in [5.41, 5.74) is 0.227. The van der Waals surface area contributed by atoms with Crippen LogP contribution in [0.1, 0.15) is 11.1 Å². The second kappa shape index (κ2) is 6.40. The molecule has 0 aromatic heterocycles. The Morgan fingerprint density at radius 2 is 1.19 bits per heavy atom. The highest BCUT2D eigenvalue weighted by Crippen LogP contribution is 2.18. The highest BCUT2D eigenvalue weighted by atomic mass is 19.1. The van der Waals surface area contributed by atoms with Crippen molar-refractivity contribution in [1.82, 2.24) is 0 Å². The van der Waals surface area contributed by atoms with E-state index in [1.165, 1.54) is 12.1 Å². The fraction of sp³-hybridized carbons (Fsp3) is 0. The second-order valence-corrected chi connectivity index (χ2v) is 3.98. The zero-order valence-electron chi connectivity index (χ0n) is 10.6. The molecule has 7 heteroatoms. The van der Waals surface area contributed by atoms with Crippen molar-refractivity contribution in [1.29, 1.82) is 10.5 Å². The number of nitrogens with zero attached hydrogens (tertiary/aromatic N) is 2. The van der Waals surface area contributed by atoms with Crippen LogP contribution >= 0.6 is 0 Å². The molecule has 0 unspecified atom stereocenters. The summed E-state index contributed by atoms with van der Waals surface area (Å²) >= 11 is 0. The fourth-order valence-electron chi connectivity index (χ4n) is 1.59. The van der Waals surface area contributed by atoms with Gasteiger partial charge in [0.15, 0.2) is 0 Å². The zero-order valence-corrected chi connectivity index (χ0v) is 10.6. The first-order valence-corrected chi connectivity index (χ1v) is 5.77. The Morgan fingerprint density at radius 3 is 1.57 bits per heavy atom. The van der Waals surface area contributed by atoms with Gasteiger partial charge in [0, 0.05) is 12.1 Å². The highest BCUT2D eigenvalue weighted by molar-refractivity contribution is 6.20. The molecule has 2 aromatic carbocycles. The van der Waals surface area contributed by atoms with Gasteiger partial charge in [-0.2, -0.15) is 10.5 Å². The summed E-state index contributed by atoms with van der Waals surface area (Å²) in [5, 5.41) is 17.4. The van der Waals surface area contributed by atoms with Gasteiger partial charge in [0.1, 0.15) is 23.1 Å². The van der Waals surface area contributed by atoms with Crippen LogP contribution in [0, 0.1) is 34.3 Å². The maximum atomic E-state index is 13.2. The van der Waals surface area contributed by atoms with E-state index in [1.54, 1.807) is 12.1 Å². The van der Waals surface area contributed by atoms with E-state index < -0.39 is 11.6 Å². The third-order valence-corrected chi connectivity index (χ3v) is 2.45. The normalized spacial score (nSPS) is 9.33. The summed E-state index contributed by atoms with van der Waals surface area (Å²) in [4.78, 5) is 0. The summed E-state index contributed by atoms with van der Waals surface area (Å²) in [7, 11) is -0.317. The number of hydrogen-bond donors (Lipinski definition) is 0. The minimum absolute atomic E-state index is 0.113. The van der Waals surface area contributed by atoms with Crippen molar-refractivity contribution in [2.45, 2.75) is 0 Å². The quantitative estimate of drug-likeness (QED) is 0.809. The van der Waals surface area contributed by atoms with Gasteiger partial charge in [-0.15, -0.1) is 0 Å².